The minimum atomic E-state index is 0.298. The summed E-state index contributed by atoms with van der Waals surface area (Å²) in [6.07, 6.45) is 0.543. The Morgan fingerprint density at radius 2 is 1.58 bits per heavy atom. The lowest BCUT2D eigenvalue weighted by atomic mass is 10.3. The van der Waals surface area contributed by atoms with E-state index in [4.69, 9.17) is 39.5 Å². The molecule has 98 valence electrons. The Hall–Kier alpha value is -1.42. The molecule has 6 heteroatoms. The molecule has 19 heavy (non-hydrogen) atoms. The molecule has 0 radical (unpaired) electrons. The average molecular weight is 317 g/mol. The third kappa shape index (κ3) is 3.53. The fourth-order valence-corrected chi connectivity index (χ4v) is 2.12. The van der Waals surface area contributed by atoms with Crippen LogP contribution in [0.3, 0.4) is 0 Å². The predicted molar refractivity (Wildman–Crippen MR) is 77.7 cm³/mol. The predicted octanol–water partition coefficient (Wildman–Crippen LogP) is 5.01. The maximum atomic E-state index is 10.4. The van der Waals surface area contributed by atoms with Gasteiger partial charge in [-0.1, -0.05) is 34.8 Å². The topological polar surface area (TPSA) is 38.3 Å². The van der Waals surface area contributed by atoms with Crippen LogP contribution in [0.1, 0.15) is 0 Å². The number of halogens is 3. The van der Waals surface area contributed by atoms with Crippen LogP contribution in [-0.4, -0.2) is 6.41 Å². The third-order valence-corrected chi connectivity index (χ3v) is 3.07. The molecule has 0 unspecified atom stereocenters. The summed E-state index contributed by atoms with van der Waals surface area (Å²) < 4.78 is 5.59. The second-order valence-corrected chi connectivity index (χ2v) is 4.84. The van der Waals surface area contributed by atoms with Gasteiger partial charge in [-0.25, -0.2) is 0 Å². The van der Waals surface area contributed by atoms with E-state index >= 15 is 0 Å². The normalized spacial score (nSPS) is 10.1. The summed E-state index contributed by atoms with van der Waals surface area (Å²) in [5.41, 5.74) is 0.494. The molecule has 0 aromatic heterocycles. The Labute approximate surface area is 125 Å². The Kier molecular flexibility index (Phi) is 4.53. The summed E-state index contributed by atoms with van der Waals surface area (Å²) in [7, 11) is 0. The number of hydrogen-bond acceptors (Lipinski definition) is 2. The van der Waals surface area contributed by atoms with Crippen molar-refractivity contribution in [1.82, 2.24) is 0 Å². The lowest BCUT2D eigenvalue weighted by Crippen LogP contribution is -1.95. The van der Waals surface area contributed by atoms with Gasteiger partial charge in [-0.2, -0.15) is 0 Å². The molecular weight excluding hydrogens is 309 g/mol. The fraction of sp³-hybridized carbons (Fsp3) is 0. The Bertz CT molecular complexity index is 576. The highest BCUT2D eigenvalue weighted by Gasteiger charge is 2.10. The third-order valence-electron chi connectivity index (χ3n) is 2.26. The van der Waals surface area contributed by atoms with Crippen molar-refractivity contribution in [2.75, 3.05) is 5.32 Å². The molecule has 0 aliphatic rings. The van der Waals surface area contributed by atoms with Gasteiger partial charge in [0.1, 0.15) is 5.75 Å². The second kappa shape index (κ2) is 6.15. The second-order valence-electron chi connectivity index (χ2n) is 3.59. The van der Waals surface area contributed by atoms with Crippen LogP contribution >= 0.6 is 34.8 Å². The van der Waals surface area contributed by atoms with E-state index in [2.05, 4.69) is 5.32 Å². The van der Waals surface area contributed by atoms with Gasteiger partial charge in [0.25, 0.3) is 0 Å². The van der Waals surface area contributed by atoms with Crippen LogP contribution in [0.4, 0.5) is 5.69 Å². The summed E-state index contributed by atoms with van der Waals surface area (Å²) in [6.45, 7) is 0. The summed E-state index contributed by atoms with van der Waals surface area (Å²) in [4.78, 5) is 10.4. The van der Waals surface area contributed by atoms with E-state index in [1.807, 2.05) is 0 Å². The first-order chi connectivity index (χ1) is 9.10. The number of carbonyl (C=O) groups is 1. The van der Waals surface area contributed by atoms with Crippen molar-refractivity contribution in [2.45, 2.75) is 0 Å². The molecule has 0 atom stereocenters. The fourth-order valence-electron chi connectivity index (χ4n) is 1.43. The maximum Gasteiger partial charge on any atom is 0.211 e. The van der Waals surface area contributed by atoms with Crippen molar-refractivity contribution in [2.24, 2.45) is 0 Å². The summed E-state index contributed by atoms with van der Waals surface area (Å²) in [5, 5.41) is 3.67. The molecule has 1 amide bonds. The van der Waals surface area contributed by atoms with Gasteiger partial charge in [0.2, 0.25) is 6.41 Å². The highest BCUT2D eigenvalue weighted by atomic mass is 35.5. The Morgan fingerprint density at radius 3 is 2.11 bits per heavy atom. The van der Waals surface area contributed by atoms with Crippen LogP contribution in [0.15, 0.2) is 36.4 Å². The van der Waals surface area contributed by atoms with Crippen molar-refractivity contribution in [3.8, 4) is 11.5 Å². The van der Waals surface area contributed by atoms with E-state index in [1.54, 1.807) is 36.4 Å². The monoisotopic (exact) mass is 315 g/mol. The van der Waals surface area contributed by atoms with Gasteiger partial charge in [0, 0.05) is 10.7 Å². The number of nitrogens with one attached hydrogen (secondary N) is 1. The number of rotatable bonds is 4. The largest absolute Gasteiger partial charge is 0.454 e. The molecule has 1 N–H and O–H groups in total. The van der Waals surface area contributed by atoms with Crippen molar-refractivity contribution in [3.05, 3.63) is 51.5 Å². The van der Waals surface area contributed by atoms with Crippen molar-refractivity contribution >= 4 is 46.9 Å². The molecule has 0 aliphatic heterocycles. The Morgan fingerprint density at radius 1 is 1.00 bits per heavy atom. The molecule has 0 heterocycles. The lowest BCUT2D eigenvalue weighted by molar-refractivity contribution is -0.105. The van der Waals surface area contributed by atoms with Gasteiger partial charge < -0.3 is 10.1 Å². The highest BCUT2D eigenvalue weighted by Crippen LogP contribution is 2.38. The van der Waals surface area contributed by atoms with Gasteiger partial charge in [0.05, 0.1) is 10.0 Å². The van der Waals surface area contributed by atoms with Crippen molar-refractivity contribution in [3.63, 3.8) is 0 Å². The van der Waals surface area contributed by atoms with Crippen LogP contribution in [0.2, 0.25) is 15.1 Å². The van der Waals surface area contributed by atoms with Crippen molar-refractivity contribution < 1.29 is 9.53 Å². The molecule has 0 saturated carbocycles. The molecule has 0 bridgehead atoms. The van der Waals surface area contributed by atoms with E-state index in [0.717, 1.165) is 0 Å². The summed E-state index contributed by atoms with van der Waals surface area (Å²) >= 11 is 17.9. The lowest BCUT2D eigenvalue weighted by Gasteiger charge is -2.11. The van der Waals surface area contributed by atoms with Gasteiger partial charge in [-0.3, -0.25) is 4.79 Å². The zero-order valence-corrected chi connectivity index (χ0v) is 11.8. The zero-order valence-electron chi connectivity index (χ0n) is 9.49. The van der Waals surface area contributed by atoms with E-state index in [-0.39, 0.29) is 0 Å². The number of benzene rings is 2. The minimum absolute atomic E-state index is 0.298. The van der Waals surface area contributed by atoms with Crippen molar-refractivity contribution in [1.29, 1.82) is 0 Å². The first kappa shape index (κ1) is 14.0. The molecule has 0 aliphatic carbocycles. The first-order valence-electron chi connectivity index (χ1n) is 5.23. The van der Waals surface area contributed by atoms with E-state index in [1.165, 1.54) is 0 Å². The Balaban J connectivity index is 2.29. The van der Waals surface area contributed by atoms with Crippen LogP contribution in [0, 0.1) is 0 Å². The summed E-state index contributed by atoms with van der Waals surface area (Å²) in [6, 6.07) is 9.89. The highest BCUT2D eigenvalue weighted by molar-refractivity contribution is 6.37. The molecule has 2 aromatic rings. The number of ether oxygens (including phenoxy) is 1. The van der Waals surface area contributed by atoms with Crippen LogP contribution in [0.5, 0.6) is 11.5 Å². The quantitative estimate of drug-likeness (QED) is 0.805. The number of hydrogen-bond donors (Lipinski definition) is 1. The van der Waals surface area contributed by atoms with Gasteiger partial charge in [-0.05, 0) is 36.4 Å². The van der Waals surface area contributed by atoms with Crippen LogP contribution in [0.25, 0.3) is 0 Å². The smallest absolute Gasteiger partial charge is 0.211 e. The zero-order chi connectivity index (χ0) is 13.8. The molecular formula is C13H8Cl3NO2. The van der Waals surface area contributed by atoms with E-state index in [9.17, 15) is 4.79 Å². The van der Waals surface area contributed by atoms with E-state index < -0.39 is 0 Å². The molecule has 0 saturated heterocycles. The number of amides is 1. The molecule has 0 fully saturated rings. The van der Waals surface area contributed by atoms with Gasteiger partial charge in [-0.15, -0.1) is 0 Å². The maximum absolute atomic E-state index is 10.4. The molecule has 2 aromatic carbocycles. The SMILES string of the molecule is O=CNc1cc(Cl)c(Oc2ccc(Cl)cc2)c(Cl)c1. The molecule has 0 spiro atoms. The van der Waals surface area contributed by atoms with E-state index in [0.29, 0.717) is 38.7 Å². The minimum Gasteiger partial charge on any atom is -0.454 e. The van der Waals surface area contributed by atoms with Crippen LogP contribution < -0.4 is 10.1 Å². The number of anilines is 1. The molecule has 3 nitrogen and oxygen atoms in total. The average Bonchev–Trinajstić information content (AvgIpc) is 2.36. The summed E-state index contributed by atoms with van der Waals surface area (Å²) in [5.74, 6) is 0.881. The number of carbonyl (C=O) groups excluding carboxylic acids is 1. The first-order valence-corrected chi connectivity index (χ1v) is 6.36. The van der Waals surface area contributed by atoms with Gasteiger partial charge >= 0.3 is 0 Å². The standard InChI is InChI=1S/C13H8Cl3NO2/c14-8-1-3-10(4-2-8)19-13-11(15)5-9(17-7-18)6-12(13)16/h1-7H,(H,17,18). The van der Waals surface area contributed by atoms with Crippen LogP contribution in [-0.2, 0) is 4.79 Å². The molecule has 2 rings (SSSR count). The van der Waals surface area contributed by atoms with Gasteiger partial charge in [0.15, 0.2) is 5.75 Å².